The molecule has 1 aromatic carbocycles. The van der Waals surface area contributed by atoms with E-state index in [2.05, 4.69) is 41.1 Å². The first-order valence-electron chi connectivity index (χ1n) is 6.70. The lowest BCUT2D eigenvalue weighted by molar-refractivity contribution is -0.384. The molecule has 1 heterocycles. The molecule has 1 atom stereocenters. The van der Waals surface area contributed by atoms with Gasteiger partial charge in [-0.25, -0.2) is 0 Å². The molecule has 0 fully saturated rings. The van der Waals surface area contributed by atoms with E-state index >= 15 is 0 Å². The van der Waals surface area contributed by atoms with Gasteiger partial charge in [-0.05, 0) is 42.0 Å². The van der Waals surface area contributed by atoms with E-state index < -0.39 is 0 Å². The van der Waals surface area contributed by atoms with Crippen molar-refractivity contribution in [3.63, 3.8) is 0 Å². The lowest BCUT2D eigenvalue weighted by atomic mass is 10.1. The molecule has 5 nitrogen and oxygen atoms in total. The van der Waals surface area contributed by atoms with Crippen molar-refractivity contribution in [1.29, 1.82) is 0 Å². The number of nitro benzene ring substituents is 1. The van der Waals surface area contributed by atoms with Crippen molar-refractivity contribution >= 4 is 17.0 Å². The smallest absolute Gasteiger partial charge is 0.269 e. The van der Waals surface area contributed by atoms with Crippen molar-refractivity contribution in [2.75, 3.05) is 20.6 Å². The SMILES string of the molecule is CN(C)[C@H](CNCc1ccc([N+](=O)[O-])cc1)c1ccsc1. The molecule has 0 aliphatic carbocycles. The van der Waals surface area contributed by atoms with E-state index in [-0.39, 0.29) is 10.6 Å². The van der Waals surface area contributed by atoms with E-state index in [1.54, 1.807) is 35.6 Å². The van der Waals surface area contributed by atoms with Gasteiger partial charge in [-0.1, -0.05) is 12.1 Å². The van der Waals surface area contributed by atoms with Crippen LogP contribution < -0.4 is 5.32 Å². The Kier molecular flexibility index (Phi) is 5.44. The normalized spacial score (nSPS) is 12.5. The molecular formula is C15H19N3O2S. The molecule has 0 aliphatic rings. The fourth-order valence-electron chi connectivity index (χ4n) is 2.15. The Morgan fingerprint density at radius 3 is 2.52 bits per heavy atom. The number of nitrogens with one attached hydrogen (secondary N) is 1. The van der Waals surface area contributed by atoms with Gasteiger partial charge in [0.25, 0.3) is 5.69 Å². The van der Waals surface area contributed by atoms with Crippen molar-refractivity contribution in [3.8, 4) is 0 Å². The van der Waals surface area contributed by atoms with Crippen molar-refractivity contribution in [2.24, 2.45) is 0 Å². The van der Waals surface area contributed by atoms with Gasteiger partial charge in [0.15, 0.2) is 0 Å². The number of rotatable bonds is 7. The molecule has 2 rings (SSSR count). The highest BCUT2D eigenvalue weighted by Crippen LogP contribution is 2.20. The maximum Gasteiger partial charge on any atom is 0.269 e. The predicted octanol–water partition coefficient (Wildman–Crippen LogP) is 3.05. The van der Waals surface area contributed by atoms with Crippen LogP contribution in [-0.4, -0.2) is 30.5 Å². The van der Waals surface area contributed by atoms with E-state index in [1.807, 2.05) is 0 Å². The van der Waals surface area contributed by atoms with Crippen LogP contribution in [0.15, 0.2) is 41.1 Å². The third-order valence-electron chi connectivity index (χ3n) is 3.37. The van der Waals surface area contributed by atoms with E-state index in [1.165, 1.54) is 5.56 Å². The summed E-state index contributed by atoms with van der Waals surface area (Å²) in [5.74, 6) is 0. The third kappa shape index (κ3) is 4.35. The molecule has 0 unspecified atom stereocenters. The summed E-state index contributed by atoms with van der Waals surface area (Å²) in [4.78, 5) is 12.4. The Labute approximate surface area is 128 Å². The van der Waals surface area contributed by atoms with Crippen LogP contribution in [0.5, 0.6) is 0 Å². The predicted molar refractivity (Wildman–Crippen MR) is 85.6 cm³/mol. The van der Waals surface area contributed by atoms with Crippen molar-refractivity contribution in [3.05, 3.63) is 62.3 Å². The zero-order valence-electron chi connectivity index (χ0n) is 12.2. The molecule has 0 saturated carbocycles. The van der Waals surface area contributed by atoms with Gasteiger partial charge in [0.1, 0.15) is 0 Å². The van der Waals surface area contributed by atoms with Crippen LogP contribution in [0, 0.1) is 10.1 Å². The van der Waals surface area contributed by atoms with Gasteiger partial charge in [-0.2, -0.15) is 11.3 Å². The molecule has 0 aliphatic heterocycles. The monoisotopic (exact) mass is 305 g/mol. The van der Waals surface area contributed by atoms with Crippen molar-refractivity contribution in [2.45, 2.75) is 12.6 Å². The largest absolute Gasteiger partial charge is 0.311 e. The second-order valence-corrected chi connectivity index (χ2v) is 5.87. The zero-order chi connectivity index (χ0) is 15.2. The third-order valence-corrected chi connectivity index (χ3v) is 4.07. The minimum absolute atomic E-state index is 0.128. The lowest BCUT2D eigenvalue weighted by Gasteiger charge is -2.24. The van der Waals surface area contributed by atoms with Gasteiger partial charge < -0.3 is 10.2 Å². The van der Waals surface area contributed by atoms with Gasteiger partial charge >= 0.3 is 0 Å². The zero-order valence-corrected chi connectivity index (χ0v) is 13.0. The van der Waals surface area contributed by atoms with Gasteiger partial charge in [-0.3, -0.25) is 10.1 Å². The number of likely N-dealkylation sites (N-methyl/N-ethyl adjacent to an activating group) is 1. The van der Waals surface area contributed by atoms with Gasteiger partial charge in [-0.15, -0.1) is 0 Å². The fourth-order valence-corrected chi connectivity index (χ4v) is 2.86. The molecule has 21 heavy (non-hydrogen) atoms. The second kappa shape index (κ2) is 7.31. The number of nitrogens with zero attached hydrogens (tertiary/aromatic N) is 2. The summed E-state index contributed by atoms with van der Waals surface area (Å²) in [6, 6.07) is 9.14. The summed E-state index contributed by atoms with van der Waals surface area (Å²) in [7, 11) is 4.13. The standard InChI is InChI=1S/C15H19N3O2S/c1-17(2)15(13-7-8-21-11-13)10-16-9-12-3-5-14(6-4-12)18(19)20/h3-8,11,15-16H,9-10H2,1-2H3/t15-/m1/s1. The second-order valence-electron chi connectivity index (χ2n) is 5.09. The molecule has 0 amide bonds. The van der Waals surface area contributed by atoms with Gasteiger partial charge in [0, 0.05) is 31.3 Å². The highest BCUT2D eigenvalue weighted by Gasteiger charge is 2.13. The number of hydrogen-bond acceptors (Lipinski definition) is 5. The van der Waals surface area contributed by atoms with Crippen LogP contribution in [0.1, 0.15) is 17.2 Å². The molecule has 0 saturated heterocycles. The van der Waals surface area contributed by atoms with Crippen LogP contribution in [0.4, 0.5) is 5.69 Å². The molecule has 6 heteroatoms. The summed E-state index contributed by atoms with van der Waals surface area (Å²) in [5, 5.41) is 18.3. The Morgan fingerprint density at radius 2 is 2.00 bits per heavy atom. The van der Waals surface area contributed by atoms with Crippen LogP contribution in [0.2, 0.25) is 0 Å². The Bertz CT molecular complexity index is 567. The van der Waals surface area contributed by atoms with Crippen LogP contribution in [-0.2, 0) is 6.54 Å². The summed E-state index contributed by atoms with van der Waals surface area (Å²) in [6.45, 7) is 1.53. The number of non-ortho nitro benzene ring substituents is 1. The lowest BCUT2D eigenvalue weighted by Crippen LogP contribution is -2.30. The van der Waals surface area contributed by atoms with Gasteiger partial charge in [0.05, 0.1) is 4.92 Å². The summed E-state index contributed by atoms with van der Waals surface area (Å²) in [5.41, 5.74) is 2.48. The minimum atomic E-state index is -0.379. The van der Waals surface area contributed by atoms with Crippen LogP contribution in [0.3, 0.4) is 0 Å². The highest BCUT2D eigenvalue weighted by atomic mass is 32.1. The quantitative estimate of drug-likeness (QED) is 0.631. The molecular weight excluding hydrogens is 286 g/mol. The number of nitro groups is 1. The van der Waals surface area contributed by atoms with E-state index in [9.17, 15) is 10.1 Å². The van der Waals surface area contributed by atoms with Crippen LogP contribution in [0.25, 0.3) is 0 Å². The number of thiophene rings is 1. The Balaban J connectivity index is 1.89. The molecule has 1 N–H and O–H groups in total. The molecule has 1 aromatic heterocycles. The fraction of sp³-hybridized carbons (Fsp3) is 0.333. The molecule has 0 spiro atoms. The minimum Gasteiger partial charge on any atom is -0.311 e. The van der Waals surface area contributed by atoms with E-state index in [0.29, 0.717) is 12.6 Å². The summed E-state index contributed by atoms with van der Waals surface area (Å²) in [6.07, 6.45) is 0. The first kappa shape index (κ1) is 15.6. The van der Waals surface area contributed by atoms with Gasteiger partial charge in [0.2, 0.25) is 0 Å². The van der Waals surface area contributed by atoms with Crippen molar-refractivity contribution in [1.82, 2.24) is 10.2 Å². The summed E-state index contributed by atoms with van der Waals surface area (Å²) >= 11 is 1.70. The topological polar surface area (TPSA) is 58.4 Å². The highest BCUT2D eigenvalue weighted by molar-refractivity contribution is 7.07. The molecule has 2 aromatic rings. The first-order chi connectivity index (χ1) is 10.1. The average Bonchev–Trinajstić information content (AvgIpc) is 2.97. The van der Waals surface area contributed by atoms with E-state index in [0.717, 1.165) is 12.1 Å². The summed E-state index contributed by atoms with van der Waals surface area (Å²) < 4.78 is 0. The van der Waals surface area contributed by atoms with Crippen LogP contribution >= 0.6 is 11.3 Å². The maximum atomic E-state index is 10.6. The number of benzene rings is 1. The van der Waals surface area contributed by atoms with E-state index in [4.69, 9.17) is 0 Å². The van der Waals surface area contributed by atoms with Crippen molar-refractivity contribution < 1.29 is 4.92 Å². The maximum absolute atomic E-state index is 10.6. The molecule has 0 radical (unpaired) electrons. The Morgan fingerprint density at radius 1 is 1.29 bits per heavy atom. The molecule has 0 bridgehead atoms. The number of hydrogen-bond donors (Lipinski definition) is 1. The average molecular weight is 305 g/mol. The Hall–Kier alpha value is -1.76. The first-order valence-corrected chi connectivity index (χ1v) is 7.65. The molecule has 112 valence electrons.